The first-order chi connectivity index (χ1) is 8.56. The molecule has 0 atom stereocenters. The lowest BCUT2D eigenvalue weighted by molar-refractivity contribution is -0.117. The number of aromatic amines is 1. The van der Waals surface area contributed by atoms with Crippen LogP contribution in [0, 0.1) is 5.82 Å². The van der Waals surface area contributed by atoms with Crippen LogP contribution < -0.4 is 0 Å². The van der Waals surface area contributed by atoms with Gasteiger partial charge in [-0.25, -0.2) is 9.37 Å². The highest BCUT2D eigenvalue weighted by Crippen LogP contribution is 2.24. The second-order valence-electron chi connectivity index (χ2n) is 4.07. The van der Waals surface area contributed by atoms with Gasteiger partial charge in [0.1, 0.15) is 17.4 Å². The van der Waals surface area contributed by atoms with Crippen LogP contribution in [0.2, 0.25) is 5.02 Å². The number of carbonyl (C=O) groups is 1. The normalized spacial score (nSPS) is 10.6. The molecule has 0 aliphatic rings. The largest absolute Gasteiger partial charge is 0.342 e. The quantitative estimate of drug-likeness (QED) is 0.922. The van der Waals surface area contributed by atoms with E-state index in [4.69, 9.17) is 11.6 Å². The van der Waals surface area contributed by atoms with Crippen molar-refractivity contribution in [1.29, 1.82) is 0 Å². The molecule has 18 heavy (non-hydrogen) atoms. The minimum absolute atomic E-state index is 0.0990. The predicted octanol–water partition coefficient (Wildman–Crippen LogP) is 3.39. The molecule has 0 radical (unpaired) electrons. The number of ketones is 1. The van der Waals surface area contributed by atoms with Crippen molar-refractivity contribution in [3.8, 4) is 11.3 Å². The number of imidazole rings is 1. The van der Waals surface area contributed by atoms with E-state index in [1.807, 2.05) is 0 Å². The van der Waals surface area contributed by atoms with Gasteiger partial charge in [0.05, 0.1) is 11.9 Å². The Morgan fingerprint density at radius 1 is 1.50 bits per heavy atom. The SMILES string of the molecule is CC(=O)CCc1ncc(-c2cc(Cl)ccc2F)[nH]1. The van der Waals surface area contributed by atoms with Crippen LogP contribution in [0.4, 0.5) is 4.39 Å². The number of halogens is 2. The van der Waals surface area contributed by atoms with Gasteiger partial charge < -0.3 is 9.78 Å². The maximum Gasteiger partial charge on any atom is 0.132 e. The second kappa shape index (κ2) is 5.31. The van der Waals surface area contributed by atoms with Crippen LogP contribution in [0.5, 0.6) is 0 Å². The third-order valence-electron chi connectivity index (χ3n) is 2.56. The van der Waals surface area contributed by atoms with Crippen LogP contribution in [0.1, 0.15) is 19.2 Å². The Kier molecular flexibility index (Phi) is 3.77. The third kappa shape index (κ3) is 2.96. The van der Waals surface area contributed by atoms with Gasteiger partial charge in [-0.05, 0) is 25.1 Å². The summed E-state index contributed by atoms with van der Waals surface area (Å²) >= 11 is 5.83. The first-order valence-electron chi connectivity index (χ1n) is 5.55. The van der Waals surface area contributed by atoms with Crippen molar-refractivity contribution in [2.45, 2.75) is 19.8 Å². The highest BCUT2D eigenvalue weighted by Gasteiger charge is 2.09. The number of rotatable bonds is 4. The summed E-state index contributed by atoms with van der Waals surface area (Å²) in [4.78, 5) is 18.0. The molecule has 0 unspecified atom stereocenters. The molecule has 0 saturated heterocycles. The minimum atomic E-state index is -0.360. The van der Waals surface area contributed by atoms with Crippen molar-refractivity contribution < 1.29 is 9.18 Å². The fourth-order valence-corrected chi connectivity index (χ4v) is 1.80. The number of hydrogen-bond acceptors (Lipinski definition) is 2. The van der Waals surface area contributed by atoms with Crippen LogP contribution in [-0.2, 0) is 11.2 Å². The molecule has 2 aromatic rings. The van der Waals surface area contributed by atoms with Crippen LogP contribution in [-0.4, -0.2) is 15.8 Å². The van der Waals surface area contributed by atoms with Crippen LogP contribution in [0.25, 0.3) is 11.3 Å². The van der Waals surface area contributed by atoms with Gasteiger partial charge in [-0.2, -0.15) is 0 Å². The number of Topliss-reactive ketones (excluding diaryl/α,β-unsaturated/α-hetero) is 1. The van der Waals surface area contributed by atoms with Gasteiger partial charge in [-0.1, -0.05) is 11.6 Å². The minimum Gasteiger partial charge on any atom is -0.342 e. The van der Waals surface area contributed by atoms with Crippen molar-refractivity contribution in [2.75, 3.05) is 0 Å². The summed E-state index contributed by atoms with van der Waals surface area (Å²) in [6, 6.07) is 4.35. The topological polar surface area (TPSA) is 45.8 Å². The van der Waals surface area contributed by atoms with Crippen molar-refractivity contribution in [2.24, 2.45) is 0 Å². The molecule has 2 rings (SSSR count). The average Bonchev–Trinajstić information content (AvgIpc) is 2.78. The van der Waals surface area contributed by atoms with E-state index in [-0.39, 0.29) is 11.6 Å². The van der Waals surface area contributed by atoms with Crippen LogP contribution >= 0.6 is 11.6 Å². The lowest BCUT2D eigenvalue weighted by Crippen LogP contribution is -1.95. The monoisotopic (exact) mass is 266 g/mol. The Bertz CT molecular complexity index is 580. The van der Waals surface area contributed by atoms with Gasteiger partial charge in [0.25, 0.3) is 0 Å². The van der Waals surface area contributed by atoms with Crippen molar-refractivity contribution >= 4 is 17.4 Å². The third-order valence-corrected chi connectivity index (χ3v) is 2.80. The summed E-state index contributed by atoms with van der Waals surface area (Å²) in [7, 11) is 0. The molecule has 0 saturated carbocycles. The molecule has 1 aromatic carbocycles. The number of aryl methyl sites for hydroxylation is 1. The van der Waals surface area contributed by atoms with Gasteiger partial charge in [0.2, 0.25) is 0 Å². The van der Waals surface area contributed by atoms with E-state index < -0.39 is 0 Å². The Morgan fingerprint density at radius 2 is 2.28 bits per heavy atom. The van der Waals surface area contributed by atoms with Crippen LogP contribution in [0.3, 0.4) is 0 Å². The Balaban J connectivity index is 2.23. The smallest absolute Gasteiger partial charge is 0.132 e. The zero-order valence-corrected chi connectivity index (χ0v) is 10.6. The highest BCUT2D eigenvalue weighted by molar-refractivity contribution is 6.30. The van der Waals surface area contributed by atoms with E-state index >= 15 is 0 Å². The summed E-state index contributed by atoms with van der Waals surface area (Å²) in [5.74, 6) is 0.405. The molecule has 1 N–H and O–H groups in total. The summed E-state index contributed by atoms with van der Waals surface area (Å²) in [6.07, 6.45) is 2.49. The standard InChI is InChI=1S/C13H12ClFN2O/c1-8(18)2-5-13-16-7-12(17-13)10-6-9(14)3-4-11(10)15/h3-4,6-7H,2,5H2,1H3,(H,16,17). The molecule has 94 valence electrons. The molecule has 5 heteroatoms. The lowest BCUT2D eigenvalue weighted by Gasteiger charge is -2.00. The number of benzene rings is 1. The van der Waals surface area contributed by atoms with E-state index in [0.29, 0.717) is 34.9 Å². The molecule has 1 aromatic heterocycles. The predicted molar refractivity (Wildman–Crippen MR) is 68.0 cm³/mol. The number of nitrogens with one attached hydrogen (secondary N) is 1. The van der Waals surface area contributed by atoms with Gasteiger partial charge in [-0.3, -0.25) is 0 Å². The summed E-state index contributed by atoms with van der Waals surface area (Å²) in [5, 5.41) is 0.464. The van der Waals surface area contributed by atoms with Gasteiger partial charge in [0, 0.05) is 23.4 Å². The molecular weight excluding hydrogens is 255 g/mol. The number of nitrogens with zero attached hydrogens (tertiary/aromatic N) is 1. The molecule has 0 spiro atoms. The summed E-state index contributed by atoms with van der Waals surface area (Å²) < 4.78 is 13.6. The average molecular weight is 267 g/mol. The Morgan fingerprint density at radius 3 is 3.00 bits per heavy atom. The van der Waals surface area contributed by atoms with Crippen molar-refractivity contribution in [3.63, 3.8) is 0 Å². The van der Waals surface area contributed by atoms with Crippen LogP contribution in [0.15, 0.2) is 24.4 Å². The Labute approximate surface area is 109 Å². The van der Waals surface area contributed by atoms with Crippen molar-refractivity contribution in [3.05, 3.63) is 41.1 Å². The molecule has 0 amide bonds. The first-order valence-corrected chi connectivity index (χ1v) is 5.93. The zero-order chi connectivity index (χ0) is 13.1. The number of aromatic nitrogens is 2. The fraction of sp³-hybridized carbons (Fsp3) is 0.231. The highest BCUT2D eigenvalue weighted by atomic mass is 35.5. The molecular formula is C13H12ClFN2O. The van der Waals surface area contributed by atoms with E-state index in [0.717, 1.165) is 0 Å². The maximum absolute atomic E-state index is 13.6. The molecule has 0 aliphatic carbocycles. The lowest BCUT2D eigenvalue weighted by atomic mass is 10.1. The number of H-pyrrole nitrogens is 1. The summed E-state index contributed by atoms with van der Waals surface area (Å²) in [6.45, 7) is 1.53. The zero-order valence-electron chi connectivity index (χ0n) is 9.84. The molecule has 1 heterocycles. The molecule has 0 bridgehead atoms. The van der Waals surface area contributed by atoms with Gasteiger partial charge >= 0.3 is 0 Å². The van der Waals surface area contributed by atoms with Crippen molar-refractivity contribution in [1.82, 2.24) is 9.97 Å². The first kappa shape index (κ1) is 12.8. The second-order valence-corrected chi connectivity index (χ2v) is 4.51. The Hall–Kier alpha value is -1.68. The fourth-order valence-electron chi connectivity index (χ4n) is 1.62. The number of hydrogen-bond donors (Lipinski definition) is 1. The number of carbonyl (C=O) groups excluding carboxylic acids is 1. The molecule has 3 nitrogen and oxygen atoms in total. The van der Waals surface area contributed by atoms with Gasteiger partial charge in [0.15, 0.2) is 0 Å². The molecule has 0 fully saturated rings. The van der Waals surface area contributed by atoms with E-state index in [9.17, 15) is 9.18 Å². The molecule has 0 aliphatic heterocycles. The van der Waals surface area contributed by atoms with E-state index in [1.165, 1.54) is 19.1 Å². The van der Waals surface area contributed by atoms with E-state index in [1.54, 1.807) is 12.3 Å². The van der Waals surface area contributed by atoms with E-state index in [2.05, 4.69) is 9.97 Å². The maximum atomic E-state index is 13.6. The summed E-state index contributed by atoms with van der Waals surface area (Å²) in [5.41, 5.74) is 0.942. The van der Waals surface area contributed by atoms with Gasteiger partial charge in [-0.15, -0.1) is 0 Å².